The van der Waals surface area contributed by atoms with Crippen molar-refractivity contribution in [2.24, 2.45) is 0 Å². The van der Waals surface area contributed by atoms with Crippen molar-refractivity contribution < 1.29 is 22.7 Å². The molecule has 0 unspecified atom stereocenters. The lowest BCUT2D eigenvalue weighted by atomic mass is 10.2. The van der Waals surface area contributed by atoms with Gasteiger partial charge in [-0.2, -0.15) is 13.2 Å². The van der Waals surface area contributed by atoms with Crippen molar-refractivity contribution in [2.75, 3.05) is 50.1 Å². The van der Waals surface area contributed by atoms with Crippen molar-refractivity contribution in [3.05, 3.63) is 47.1 Å². The van der Waals surface area contributed by atoms with Crippen LogP contribution in [0.15, 0.2) is 36.5 Å². The molecular formula is C20H22ClF3N4O2. The molecule has 1 aliphatic rings. The number of amides is 1. The van der Waals surface area contributed by atoms with Gasteiger partial charge in [0.05, 0.1) is 24.9 Å². The second kappa shape index (κ2) is 9.53. The van der Waals surface area contributed by atoms with Crippen LogP contribution in [0, 0.1) is 0 Å². The lowest BCUT2D eigenvalue weighted by Gasteiger charge is -2.23. The van der Waals surface area contributed by atoms with E-state index >= 15 is 0 Å². The summed E-state index contributed by atoms with van der Waals surface area (Å²) in [4.78, 5) is 20.4. The number of anilines is 2. The summed E-state index contributed by atoms with van der Waals surface area (Å²) < 4.78 is 43.4. The van der Waals surface area contributed by atoms with E-state index in [9.17, 15) is 18.0 Å². The first-order chi connectivity index (χ1) is 14.3. The molecular weight excluding hydrogens is 421 g/mol. The fourth-order valence-electron chi connectivity index (χ4n) is 3.27. The first-order valence-electron chi connectivity index (χ1n) is 9.40. The van der Waals surface area contributed by atoms with Gasteiger partial charge in [-0.25, -0.2) is 4.98 Å². The summed E-state index contributed by atoms with van der Waals surface area (Å²) >= 11 is 5.99. The SMILES string of the molecule is COc1ccc(Cl)cc1NC(=O)CN1CCCN(c2ccc(C(F)(F)F)cn2)CC1. The zero-order chi connectivity index (χ0) is 21.7. The normalized spacial score (nSPS) is 15.6. The molecule has 1 aromatic carbocycles. The molecule has 0 atom stereocenters. The van der Waals surface area contributed by atoms with Crippen molar-refractivity contribution >= 4 is 29.0 Å². The Kier molecular flexibility index (Phi) is 7.04. The van der Waals surface area contributed by atoms with E-state index in [1.165, 1.54) is 13.2 Å². The van der Waals surface area contributed by atoms with Gasteiger partial charge in [-0.05, 0) is 36.8 Å². The first kappa shape index (κ1) is 22.2. The van der Waals surface area contributed by atoms with Crippen LogP contribution in [0.5, 0.6) is 5.75 Å². The van der Waals surface area contributed by atoms with Gasteiger partial charge in [0.1, 0.15) is 11.6 Å². The average Bonchev–Trinajstić information content (AvgIpc) is 2.93. The molecule has 1 aliphatic heterocycles. The second-order valence-electron chi connectivity index (χ2n) is 6.91. The fourth-order valence-corrected chi connectivity index (χ4v) is 3.44. The first-order valence-corrected chi connectivity index (χ1v) is 9.78. The Bertz CT molecular complexity index is 877. The molecule has 1 fully saturated rings. The Morgan fingerprint density at radius 2 is 2.00 bits per heavy atom. The average molecular weight is 443 g/mol. The molecule has 0 bridgehead atoms. The van der Waals surface area contributed by atoms with Gasteiger partial charge in [-0.3, -0.25) is 9.69 Å². The smallest absolute Gasteiger partial charge is 0.417 e. The van der Waals surface area contributed by atoms with E-state index in [1.54, 1.807) is 18.2 Å². The summed E-state index contributed by atoms with van der Waals surface area (Å²) in [6.07, 6.45) is -2.79. The number of ether oxygens (including phenoxy) is 1. The van der Waals surface area contributed by atoms with Crippen molar-refractivity contribution in [2.45, 2.75) is 12.6 Å². The minimum absolute atomic E-state index is 0.184. The van der Waals surface area contributed by atoms with Crippen LogP contribution >= 0.6 is 11.6 Å². The zero-order valence-electron chi connectivity index (χ0n) is 16.4. The van der Waals surface area contributed by atoms with Crippen molar-refractivity contribution in [3.8, 4) is 5.75 Å². The lowest BCUT2D eigenvalue weighted by Crippen LogP contribution is -2.36. The Hall–Kier alpha value is -2.52. The Morgan fingerprint density at radius 3 is 2.67 bits per heavy atom. The van der Waals surface area contributed by atoms with E-state index in [4.69, 9.17) is 16.3 Å². The van der Waals surface area contributed by atoms with Crippen LogP contribution in [0.3, 0.4) is 0 Å². The predicted molar refractivity (Wildman–Crippen MR) is 109 cm³/mol. The van der Waals surface area contributed by atoms with Crippen LogP contribution in [0.25, 0.3) is 0 Å². The molecule has 1 amide bonds. The number of halogens is 4. The number of nitrogens with one attached hydrogen (secondary N) is 1. The van der Waals surface area contributed by atoms with Crippen LogP contribution in [0.2, 0.25) is 5.02 Å². The van der Waals surface area contributed by atoms with E-state index < -0.39 is 11.7 Å². The van der Waals surface area contributed by atoms with Gasteiger partial charge in [0.15, 0.2) is 0 Å². The van der Waals surface area contributed by atoms with Crippen LogP contribution < -0.4 is 15.0 Å². The Labute approximate surface area is 177 Å². The third-order valence-electron chi connectivity index (χ3n) is 4.79. The maximum atomic E-state index is 12.7. The third kappa shape index (κ3) is 5.76. The van der Waals surface area contributed by atoms with Gasteiger partial charge in [-0.1, -0.05) is 11.6 Å². The second-order valence-corrected chi connectivity index (χ2v) is 7.35. The van der Waals surface area contributed by atoms with Crippen molar-refractivity contribution in [1.29, 1.82) is 0 Å². The topological polar surface area (TPSA) is 57.7 Å². The molecule has 0 saturated carbocycles. The van der Waals surface area contributed by atoms with Gasteiger partial charge in [0.2, 0.25) is 5.91 Å². The number of rotatable bonds is 5. The number of pyridine rings is 1. The number of carbonyl (C=O) groups excluding carboxylic acids is 1. The highest BCUT2D eigenvalue weighted by Gasteiger charge is 2.31. The van der Waals surface area contributed by atoms with Gasteiger partial charge in [-0.15, -0.1) is 0 Å². The maximum absolute atomic E-state index is 12.7. The highest BCUT2D eigenvalue weighted by molar-refractivity contribution is 6.31. The number of hydrogen-bond donors (Lipinski definition) is 1. The van der Waals surface area contributed by atoms with Crippen LogP contribution in [-0.4, -0.2) is 55.6 Å². The zero-order valence-corrected chi connectivity index (χ0v) is 17.1. The van der Waals surface area contributed by atoms with E-state index in [0.717, 1.165) is 18.7 Å². The van der Waals surface area contributed by atoms with Gasteiger partial charge < -0.3 is 15.0 Å². The van der Waals surface area contributed by atoms with Crippen LogP contribution in [0.1, 0.15) is 12.0 Å². The molecule has 1 saturated heterocycles. The molecule has 1 aromatic heterocycles. The molecule has 2 aromatic rings. The van der Waals surface area contributed by atoms with E-state index in [1.807, 2.05) is 9.80 Å². The molecule has 3 rings (SSSR count). The van der Waals surface area contributed by atoms with Crippen molar-refractivity contribution in [1.82, 2.24) is 9.88 Å². The quantitative estimate of drug-likeness (QED) is 0.760. The number of benzene rings is 1. The van der Waals surface area contributed by atoms with Crippen LogP contribution in [-0.2, 0) is 11.0 Å². The number of nitrogens with zero attached hydrogens (tertiary/aromatic N) is 3. The minimum atomic E-state index is -4.40. The molecule has 2 heterocycles. The number of hydrogen-bond acceptors (Lipinski definition) is 5. The Morgan fingerprint density at radius 1 is 1.20 bits per heavy atom. The molecule has 0 aliphatic carbocycles. The van der Waals surface area contributed by atoms with Gasteiger partial charge in [0, 0.05) is 37.4 Å². The molecule has 0 spiro atoms. The van der Waals surface area contributed by atoms with Gasteiger partial charge >= 0.3 is 6.18 Å². The monoisotopic (exact) mass is 442 g/mol. The summed E-state index contributed by atoms with van der Waals surface area (Å²) in [5.41, 5.74) is -0.267. The van der Waals surface area contributed by atoms with E-state index in [-0.39, 0.29) is 12.5 Å². The van der Waals surface area contributed by atoms with Gasteiger partial charge in [0.25, 0.3) is 0 Å². The molecule has 1 N–H and O–H groups in total. The summed E-state index contributed by atoms with van der Waals surface area (Å²) in [6, 6.07) is 7.40. The standard InChI is InChI=1S/C20H22ClF3N4O2/c1-30-17-5-4-15(21)11-16(17)26-19(29)13-27-7-2-8-28(10-9-27)18-6-3-14(12-25-18)20(22,23)24/h3-6,11-12H,2,7-10,13H2,1H3,(H,26,29). The maximum Gasteiger partial charge on any atom is 0.417 e. The predicted octanol–water partition coefficient (Wildman–Crippen LogP) is 3.91. The lowest BCUT2D eigenvalue weighted by molar-refractivity contribution is -0.137. The number of aromatic nitrogens is 1. The number of alkyl halides is 3. The summed E-state index contributed by atoms with van der Waals surface area (Å²) in [5, 5.41) is 3.30. The van der Waals surface area contributed by atoms with Crippen molar-refractivity contribution in [3.63, 3.8) is 0 Å². The molecule has 6 nitrogen and oxygen atoms in total. The molecule has 0 radical (unpaired) electrons. The summed E-state index contributed by atoms with van der Waals surface area (Å²) in [6.45, 7) is 2.68. The Balaban J connectivity index is 1.56. The minimum Gasteiger partial charge on any atom is -0.495 e. The largest absolute Gasteiger partial charge is 0.495 e. The van der Waals surface area contributed by atoms with E-state index in [0.29, 0.717) is 48.5 Å². The molecule has 30 heavy (non-hydrogen) atoms. The molecule has 10 heteroatoms. The highest BCUT2D eigenvalue weighted by Crippen LogP contribution is 2.30. The van der Waals surface area contributed by atoms with E-state index in [2.05, 4.69) is 10.3 Å². The third-order valence-corrected chi connectivity index (χ3v) is 5.03. The fraction of sp³-hybridized carbons (Fsp3) is 0.400. The highest BCUT2D eigenvalue weighted by atomic mass is 35.5. The number of methoxy groups -OCH3 is 1. The molecule has 162 valence electrons. The van der Waals surface area contributed by atoms with Crippen LogP contribution in [0.4, 0.5) is 24.7 Å². The number of carbonyl (C=O) groups is 1. The summed E-state index contributed by atoms with van der Waals surface area (Å²) in [5.74, 6) is 0.817. The summed E-state index contributed by atoms with van der Waals surface area (Å²) in [7, 11) is 1.51.